The number of hydrogen-bond acceptors (Lipinski definition) is 4. The summed E-state index contributed by atoms with van der Waals surface area (Å²) in [6.45, 7) is 9.11. The van der Waals surface area contributed by atoms with Crippen LogP contribution in [0, 0.1) is 6.92 Å². The monoisotopic (exact) mass is 365 g/mol. The summed E-state index contributed by atoms with van der Waals surface area (Å²) in [6, 6.07) is 15.4. The van der Waals surface area contributed by atoms with Crippen LogP contribution in [0.5, 0.6) is 0 Å². The standard InChI is InChI=1S/C22H27N3O2/c1-16-5-4-6-21(15-16)25-13-11-24(12-14-25)17(2)22(27)23-20-9-7-19(8-10-20)18(3)26/h4-10,15,17H,11-14H2,1-3H3,(H,23,27). The molecule has 1 unspecified atom stereocenters. The number of carbonyl (C=O) groups is 2. The van der Waals surface area contributed by atoms with Crippen molar-refractivity contribution in [3.8, 4) is 0 Å². The van der Waals surface area contributed by atoms with Gasteiger partial charge in [0.15, 0.2) is 5.78 Å². The lowest BCUT2D eigenvalue weighted by molar-refractivity contribution is -0.120. The van der Waals surface area contributed by atoms with Crippen LogP contribution in [0.1, 0.15) is 29.8 Å². The van der Waals surface area contributed by atoms with E-state index < -0.39 is 0 Å². The topological polar surface area (TPSA) is 52.7 Å². The largest absolute Gasteiger partial charge is 0.369 e. The Morgan fingerprint density at radius 1 is 1.00 bits per heavy atom. The normalized spacial score (nSPS) is 16.0. The lowest BCUT2D eigenvalue weighted by Crippen LogP contribution is -2.52. The number of anilines is 2. The molecule has 2 aromatic rings. The average molecular weight is 365 g/mol. The van der Waals surface area contributed by atoms with Gasteiger partial charge >= 0.3 is 0 Å². The minimum absolute atomic E-state index is 0.0189. The third-order valence-electron chi connectivity index (χ3n) is 5.17. The van der Waals surface area contributed by atoms with E-state index in [0.29, 0.717) is 5.56 Å². The molecule has 1 N–H and O–H groups in total. The Kier molecular flexibility index (Phi) is 5.91. The molecule has 1 aliphatic rings. The molecule has 1 heterocycles. The molecule has 3 rings (SSSR count). The van der Waals surface area contributed by atoms with Gasteiger partial charge in [0.2, 0.25) is 5.91 Å². The maximum atomic E-state index is 12.6. The SMILES string of the molecule is CC(=O)c1ccc(NC(=O)C(C)N2CCN(c3cccc(C)c3)CC2)cc1. The molecule has 1 aliphatic heterocycles. The third-order valence-corrected chi connectivity index (χ3v) is 5.17. The van der Waals surface area contributed by atoms with Gasteiger partial charge in [0.05, 0.1) is 6.04 Å². The first-order valence-corrected chi connectivity index (χ1v) is 9.41. The van der Waals surface area contributed by atoms with E-state index in [0.717, 1.165) is 31.9 Å². The molecular formula is C22H27N3O2. The number of benzene rings is 2. The second kappa shape index (κ2) is 8.35. The zero-order valence-corrected chi connectivity index (χ0v) is 16.2. The van der Waals surface area contributed by atoms with Gasteiger partial charge in [-0.1, -0.05) is 12.1 Å². The molecule has 5 heteroatoms. The summed E-state index contributed by atoms with van der Waals surface area (Å²) < 4.78 is 0. The number of Topliss-reactive ketones (excluding diaryl/α,β-unsaturated/α-hetero) is 1. The Morgan fingerprint density at radius 2 is 1.67 bits per heavy atom. The van der Waals surface area contributed by atoms with Crippen LogP contribution in [0.3, 0.4) is 0 Å². The lowest BCUT2D eigenvalue weighted by atomic mass is 10.1. The maximum absolute atomic E-state index is 12.6. The van der Waals surface area contributed by atoms with Crippen LogP contribution >= 0.6 is 0 Å². The number of amides is 1. The lowest BCUT2D eigenvalue weighted by Gasteiger charge is -2.38. The number of rotatable bonds is 5. The molecule has 1 saturated heterocycles. The van der Waals surface area contributed by atoms with Crippen LogP contribution in [0.2, 0.25) is 0 Å². The number of piperazine rings is 1. The number of nitrogens with zero attached hydrogens (tertiary/aromatic N) is 2. The number of carbonyl (C=O) groups excluding carboxylic acids is 2. The van der Waals surface area contributed by atoms with E-state index in [1.807, 2.05) is 6.92 Å². The summed E-state index contributed by atoms with van der Waals surface area (Å²) in [5, 5.41) is 2.95. The van der Waals surface area contributed by atoms with Crippen molar-refractivity contribution < 1.29 is 9.59 Å². The van der Waals surface area contributed by atoms with Crippen LogP contribution in [-0.4, -0.2) is 48.8 Å². The van der Waals surface area contributed by atoms with Crippen LogP contribution in [0.25, 0.3) is 0 Å². The minimum atomic E-state index is -0.197. The van der Waals surface area contributed by atoms with Crippen molar-refractivity contribution in [1.82, 2.24) is 4.90 Å². The van der Waals surface area contributed by atoms with Crippen molar-refractivity contribution in [2.75, 3.05) is 36.4 Å². The molecule has 0 radical (unpaired) electrons. The van der Waals surface area contributed by atoms with Crippen molar-refractivity contribution in [3.63, 3.8) is 0 Å². The van der Waals surface area contributed by atoms with Crippen molar-refractivity contribution in [2.24, 2.45) is 0 Å². The third kappa shape index (κ3) is 4.74. The first-order chi connectivity index (χ1) is 12.9. The molecule has 0 spiro atoms. The molecular weight excluding hydrogens is 338 g/mol. The molecule has 0 aliphatic carbocycles. The minimum Gasteiger partial charge on any atom is -0.369 e. The van der Waals surface area contributed by atoms with Crippen LogP contribution < -0.4 is 10.2 Å². The van der Waals surface area contributed by atoms with Gasteiger partial charge in [-0.25, -0.2) is 0 Å². The number of nitrogens with one attached hydrogen (secondary N) is 1. The predicted molar refractivity (Wildman–Crippen MR) is 110 cm³/mol. The molecule has 1 amide bonds. The van der Waals surface area contributed by atoms with Gasteiger partial charge in [0.25, 0.3) is 0 Å². The van der Waals surface area contributed by atoms with Gasteiger partial charge in [-0.15, -0.1) is 0 Å². The van der Waals surface area contributed by atoms with Gasteiger partial charge in [0, 0.05) is 43.1 Å². The molecule has 5 nitrogen and oxygen atoms in total. The fourth-order valence-corrected chi connectivity index (χ4v) is 3.39. The van der Waals surface area contributed by atoms with E-state index in [2.05, 4.69) is 46.3 Å². The van der Waals surface area contributed by atoms with E-state index in [4.69, 9.17) is 0 Å². The number of aryl methyl sites for hydroxylation is 1. The highest BCUT2D eigenvalue weighted by atomic mass is 16.2. The first kappa shape index (κ1) is 19.1. The smallest absolute Gasteiger partial charge is 0.241 e. The van der Waals surface area contributed by atoms with E-state index >= 15 is 0 Å². The quantitative estimate of drug-likeness (QED) is 0.826. The van der Waals surface area contributed by atoms with Crippen molar-refractivity contribution in [3.05, 3.63) is 59.7 Å². The fourth-order valence-electron chi connectivity index (χ4n) is 3.39. The maximum Gasteiger partial charge on any atom is 0.241 e. The highest BCUT2D eigenvalue weighted by molar-refractivity contribution is 5.97. The Morgan fingerprint density at radius 3 is 2.26 bits per heavy atom. The summed E-state index contributed by atoms with van der Waals surface area (Å²) in [7, 11) is 0. The number of ketones is 1. The van der Waals surface area contributed by atoms with E-state index in [9.17, 15) is 9.59 Å². The van der Waals surface area contributed by atoms with E-state index in [-0.39, 0.29) is 17.7 Å². The molecule has 2 aromatic carbocycles. The van der Waals surface area contributed by atoms with Crippen molar-refractivity contribution >= 4 is 23.1 Å². The highest BCUT2D eigenvalue weighted by Gasteiger charge is 2.25. The van der Waals surface area contributed by atoms with Gasteiger partial charge in [-0.05, 0) is 62.7 Å². The van der Waals surface area contributed by atoms with Crippen LogP contribution in [0.4, 0.5) is 11.4 Å². The van der Waals surface area contributed by atoms with Crippen molar-refractivity contribution in [2.45, 2.75) is 26.8 Å². The Bertz CT molecular complexity index is 809. The van der Waals surface area contributed by atoms with Crippen LogP contribution in [-0.2, 0) is 4.79 Å². The summed E-state index contributed by atoms with van der Waals surface area (Å²) in [6.07, 6.45) is 0. The van der Waals surface area contributed by atoms with E-state index in [1.165, 1.54) is 18.2 Å². The Labute approximate surface area is 161 Å². The second-order valence-corrected chi connectivity index (χ2v) is 7.16. The van der Waals surface area contributed by atoms with Gasteiger partial charge < -0.3 is 10.2 Å². The molecule has 0 bridgehead atoms. The molecule has 0 aromatic heterocycles. The summed E-state index contributed by atoms with van der Waals surface area (Å²) in [5.74, 6) is 0.00214. The van der Waals surface area contributed by atoms with Crippen LogP contribution in [0.15, 0.2) is 48.5 Å². The highest BCUT2D eigenvalue weighted by Crippen LogP contribution is 2.19. The molecule has 142 valence electrons. The fraction of sp³-hybridized carbons (Fsp3) is 0.364. The molecule has 27 heavy (non-hydrogen) atoms. The van der Waals surface area contributed by atoms with E-state index in [1.54, 1.807) is 24.3 Å². The van der Waals surface area contributed by atoms with Gasteiger partial charge in [-0.2, -0.15) is 0 Å². The predicted octanol–water partition coefficient (Wildman–Crippen LogP) is 3.35. The molecule has 1 atom stereocenters. The summed E-state index contributed by atoms with van der Waals surface area (Å²) in [5.41, 5.74) is 3.87. The Balaban J connectivity index is 1.54. The summed E-state index contributed by atoms with van der Waals surface area (Å²) >= 11 is 0. The molecule has 1 fully saturated rings. The van der Waals surface area contributed by atoms with Gasteiger partial charge in [0.1, 0.15) is 0 Å². The van der Waals surface area contributed by atoms with Crippen molar-refractivity contribution in [1.29, 1.82) is 0 Å². The summed E-state index contributed by atoms with van der Waals surface area (Å²) in [4.78, 5) is 28.5. The number of hydrogen-bond donors (Lipinski definition) is 1. The van der Waals surface area contributed by atoms with Gasteiger partial charge in [-0.3, -0.25) is 14.5 Å². The second-order valence-electron chi connectivity index (χ2n) is 7.16. The zero-order chi connectivity index (χ0) is 19.4. The first-order valence-electron chi connectivity index (χ1n) is 9.41. The average Bonchev–Trinajstić information content (AvgIpc) is 2.68. The zero-order valence-electron chi connectivity index (χ0n) is 16.2. The Hall–Kier alpha value is -2.66. The molecule has 0 saturated carbocycles.